The number of phenolic OH excluding ortho intramolecular Hbond substituents is 1. The molecule has 0 heterocycles. The molecule has 0 spiro atoms. The first-order valence-corrected chi connectivity index (χ1v) is 10.6. The summed E-state index contributed by atoms with van der Waals surface area (Å²) in [5.74, 6) is -0.692. The first-order valence-electron chi connectivity index (χ1n) is 10.6. The smallest absolute Gasteiger partial charge is 0.338 e. The quantitative estimate of drug-likeness (QED) is 0.512. The van der Waals surface area contributed by atoms with Gasteiger partial charge in [0, 0.05) is 18.8 Å². The van der Waals surface area contributed by atoms with Crippen LogP contribution in [0.2, 0.25) is 0 Å². The lowest BCUT2D eigenvalue weighted by Crippen LogP contribution is -2.33. The van der Waals surface area contributed by atoms with Crippen molar-refractivity contribution in [3.63, 3.8) is 0 Å². The number of carbonyl (C=O) groups excluding carboxylic acids is 2. The number of ether oxygens (including phenoxy) is 3. The van der Waals surface area contributed by atoms with E-state index in [-0.39, 0.29) is 28.4 Å². The minimum atomic E-state index is -0.514. The fourth-order valence-electron chi connectivity index (χ4n) is 3.65. The van der Waals surface area contributed by atoms with E-state index >= 15 is 0 Å². The number of benzene rings is 1. The molecule has 170 valence electrons. The van der Waals surface area contributed by atoms with E-state index in [4.69, 9.17) is 14.2 Å². The lowest BCUT2D eigenvalue weighted by Gasteiger charge is -2.32. The van der Waals surface area contributed by atoms with Crippen LogP contribution in [0.25, 0.3) is 0 Å². The molecule has 1 aliphatic rings. The van der Waals surface area contributed by atoms with Gasteiger partial charge in [0.15, 0.2) is 11.5 Å². The summed E-state index contributed by atoms with van der Waals surface area (Å²) < 4.78 is 16.6. The maximum Gasteiger partial charge on any atom is 0.338 e. The lowest BCUT2D eigenvalue weighted by molar-refractivity contribution is -0.149. The van der Waals surface area contributed by atoms with E-state index in [1.807, 2.05) is 13.0 Å². The number of allylic oxidation sites excluding steroid dienone is 1. The number of rotatable bonds is 4. The Balaban J connectivity index is 2.36. The molecular weight excluding hydrogens is 396 g/mol. The van der Waals surface area contributed by atoms with E-state index in [0.717, 1.165) is 24.8 Å². The van der Waals surface area contributed by atoms with Crippen molar-refractivity contribution in [1.82, 2.24) is 0 Å². The molecule has 2 atom stereocenters. The van der Waals surface area contributed by atoms with Crippen molar-refractivity contribution in [1.29, 1.82) is 0 Å². The summed E-state index contributed by atoms with van der Waals surface area (Å²) >= 11 is 0. The Kier molecular flexibility index (Phi) is 8.31. The summed E-state index contributed by atoms with van der Waals surface area (Å²) in [7, 11) is 1.42. The average Bonchev–Trinajstić information content (AvgIpc) is 2.70. The van der Waals surface area contributed by atoms with Gasteiger partial charge in [-0.15, -0.1) is 0 Å². The third-order valence-corrected chi connectivity index (χ3v) is 5.72. The van der Waals surface area contributed by atoms with Gasteiger partial charge in [-0.1, -0.05) is 25.5 Å². The maximum absolute atomic E-state index is 12.8. The largest absolute Gasteiger partial charge is 0.504 e. The highest BCUT2D eigenvalue weighted by Gasteiger charge is 2.32. The monoisotopic (exact) mass is 430 g/mol. The van der Waals surface area contributed by atoms with Crippen LogP contribution < -0.4 is 4.74 Å². The predicted octanol–water partition coefficient (Wildman–Crippen LogP) is 5.35. The Bertz CT molecular complexity index is 865. The molecule has 6 nitrogen and oxygen atoms in total. The van der Waals surface area contributed by atoms with Crippen LogP contribution >= 0.6 is 0 Å². The van der Waals surface area contributed by atoms with Gasteiger partial charge in [-0.25, -0.2) is 4.79 Å². The Labute approximate surface area is 184 Å². The molecule has 1 aromatic carbocycles. The van der Waals surface area contributed by atoms with Gasteiger partial charge in [-0.05, 0) is 63.0 Å². The molecule has 6 heteroatoms. The zero-order valence-electron chi connectivity index (χ0n) is 19.4. The highest BCUT2D eigenvalue weighted by Crippen LogP contribution is 2.34. The molecule has 0 radical (unpaired) electrons. The number of esters is 2. The molecule has 0 bridgehead atoms. The molecule has 1 N–H and O–H groups in total. The molecule has 0 aliphatic heterocycles. The predicted molar refractivity (Wildman–Crippen MR) is 119 cm³/mol. The molecule has 31 heavy (non-hydrogen) atoms. The molecular formula is C25H34O6. The van der Waals surface area contributed by atoms with E-state index in [2.05, 4.69) is 26.8 Å². The zero-order chi connectivity index (χ0) is 23.2. The number of carbonyl (C=O) groups is 2. The van der Waals surface area contributed by atoms with Gasteiger partial charge in [0.05, 0.1) is 12.7 Å². The van der Waals surface area contributed by atoms with Crippen LogP contribution in [0, 0.1) is 5.41 Å². The third kappa shape index (κ3) is 6.88. The number of hydrogen-bond donors (Lipinski definition) is 1. The van der Waals surface area contributed by atoms with Crippen molar-refractivity contribution in [3.05, 3.63) is 47.1 Å². The molecule has 0 saturated heterocycles. The van der Waals surface area contributed by atoms with E-state index in [1.165, 1.54) is 37.8 Å². The molecule has 2 rings (SSSR count). The molecule has 0 amide bonds. The summed E-state index contributed by atoms with van der Waals surface area (Å²) in [6, 6.07) is 4.35. The summed E-state index contributed by atoms with van der Waals surface area (Å²) in [5.41, 5.74) is 2.09. The van der Waals surface area contributed by atoms with Crippen molar-refractivity contribution in [2.45, 2.75) is 72.5 Å². The van der Waals surface area contributed by atoms with Crippen LogP contribution in [0.4, 0.5) is 0 Å². The van der Waals surface area contributed by atoms with Crippen LogP contribution in [0.3, 0.4) is 0 Å². The van der Waals surface area contributed by atoms with Gasteiger partial charge in [0.25, 0.3) is 0 Å². The van der Waals surface area contributed by atoms with E-state index in [0.29, 0.717) is 6.42 Å². The van der Waals surface area contributed by atoms with Crippen LogP contribution in [0.15, 0.2) is 41.5 Å². The Morgan fingerprint density at radius 1 is 1.16 bits per heavy atom. The van der Waals surface area contributed by atoms with Crippen LogP contribution in [-0.4, -0.2) is 36.4 Å². The van der Waals surface area contributed by atoms with Crippen LogP contribution in [0.1, 0.15) is 70.7 Å². The second kappa shape index (κ2) is 10.5. The first kappa shape index (κ1) is 24.5. The second-order valence-corrected chi connectivity index (χ2v) is 8.85. The van der Waals surface area contributed by atoms with E-state index in [1.54, 1.807) is 0 Å². The Hall–Kier alpha value is -2.76. The van der Waals surface area contributed by atoms with Gasteiger partial charge in [-0.3, -0.25) is 4.79 Å². The second-order valence-electron chi connectivity index (χ2n) is 8.85. The SMILES string of the molecule is COc1cc(C(=O)O[C@@H]2C/C=C(\C)CCCC(C)(C)[C@@H](OC(C)=O)C=C2C)ccc1O. The molecule has 0 fully saturated rings. The van der Waals surface area contributed by atoms with Crippen molar-refractivity contribution < 1.29 is 28.9 Å². The van der Waals surface area contributed by atoms with E-state index < -0.39 is 18.2 Å². The summed E-state index contributed by atoms with van der Waals surface area (Å²) in [6.07, 6.45) is 6.44. The molecule has 0 unspecified atom stereocenters. The number of phenols is 1. The number of aromatic hydroxyl groups is 1. The fraction of sp³-hybridized carbons (Fsp3) is 0.520. The highest BCUT2D eigenvalue weighted by molar-refractivity contribution is 5.90. The Morgan fingerprint density at radius 2 is 1.87 bits per heavy atom. The van der Waals surface area contributed by atoms with Crippen molar-refractivity contribution in [2.75, 3.05) is 7.11 Å². The molecule has 0 saturated carbocycles. The van der Waals surface area contributed by atoms with Gasteiger partial charge in [-0.2, -0.15) is 0 Å². The standard InChI is InChI=1S/C25H34O6/c1-16-8-7-13-25(4,5)23(30-18(3)26)14-17(2)21(12-9-16)31-24(28)19-10-11-20(27)22(15-19)29-6/h9-11,14-15,21,23,27H,7-8,12-13H2,1-6H3/b16-9+,17-14?/t21-,23+/m1/s1. The number of methoxy groups -OCH3 is 1. The Morgan fingerprint density at radius 3 is 2.52 bits per heavy atom. The molecule has 0 aromatic heterocycles. The van der Waals surface area contributed by atoms with Crippen molar-refractivity contribution in [2.24, 2.45) is 5.41 Å². The number of hydrogen-bond acceptors (Lipinski definition) is 6. The fourth-order valence-corrected chi connectivity index (χ4v) is 3.65. The minimum Gasteiger partial charge on any atom is -0.504 e. The summed E-state index contributed by atoms with van der Waals surface area (Å²) in [6.45, 7) is 9.56. The molecule has 1 aliphatic carbocycles. The van der Waals surface area contributed by atoms with Crippen molar-refractivity contribution in [3.8, 4) is 11.5 Å². The van der Waals surface area contributed by atoms with Gasteiger partial charge in [0.2, 0.25) is 0 Å². The topological polar surface area (TPSA) is 82.1 Å². The van der Waals surface area contributed by atoms with Crippen molar-refractivity contribution >= 4 is 11.9 Å². The summed E-state index contributed by atoms with van der Waals surface area (Å²) in [5, 5.41) is 9.78. The van der Waals surface area contributed by atoms with Crippen LogP contribution in [-0.2, 0) is 14.3 Å². The highest BCUT2D eigenvalue weighted by atomic mass is 16.5. The lowest BCUT2D eigenvalue weighted by atomic mass is 9.80. The summed E-state index contributed by atoms with van der Waals surface area (Å²) in [4.78, 5) is 24.6. The van der Waals surface area contributed by atoms with Gasteiger partial charge < -0.3 is 19.3 Å². The minimum absolute atomic E-state index is 0.0462. The van der Waals surface area contributed by atoms with Gasteiger partial charge >= 0.3 is 11.9 Å². The zero-order valence-corrected chi connectivity index (χ0v) is 19.4. The average molecular weight is 431 g/mol. The third-order valence-electron chi connectivity index (χ3n) is 5.72. The van der Waals surface area contributed by atoms with Gasteiger partial charge in [0.1, 0.15) is 12.2 Å². The van der Waals surface area contributed by atoms with Crippen LogP contribution in [0.5, 0.6) is 11.5 Å². The molecule has 1 aromatic rings. The first-order chi connectivity index (χ1) is 14.5. The maximum atomic E-state index is 12.8. The van der Waals surface area contributed by atoms with E-state index in [9.17, 15) is 14.7 Å². The normalized spacial score (nSPS) is 23.4.